The highest BCUT2D eigenvalue weighted by Crippen LogP contribution is 2.05. The van der Waals surface area contributed by atoms with Gasteiger partial charge in [0.1, 0.15) is 0 Å². The molecule has 5 heteroatoms. The molecule has 0 radical (unpaired) electrons. The minimum Gasteiger partial charge on any atom is -0.481 e. The maximum Gasteiger partial charge on any atom is 0.303 e. The van der Waals surface area contributed by atoms with Crippen molar-refractivity contribution in [3.63, 3.8) is 0 Å². The van der Waals surface area contributed by atoms with Crippen molar-refractivity contribution in [3.05, 3.63) is 24.2 Å². The van der Waals surface area contributed by atoms with Gasteiger partial charge >= 0.3 is 5.97 Å². The van der Waals surface area contributed by atoms with Crippen LogP contribution in [0.15, 0.2) is 23.0 Å². The molecule has 15 heavy (non-hydrogen) atoms. The third-order valence-electron chi connectivity index (χ3n) is 1.98. The van der Waals surface area contributed by atoms with Crippen LogP contribution in [0.5, 0.6) is 0 Å². The number of carboxylic acids is 1. The Bertz CT molecular complexity index is 331. The van der Waals surface area contributed by atoms with Gasteiger partial charge in [0, 0.05) is 25.6 Å². The molecule has 0 saturated carbocycles. The van der Waals surface area contributed by atoms with Gasteiger partial charge in [-0.1, -0.05) is 0 Å². The molecule has 1 amide bonds. The molecule has 0 aliphatic carbocycles. The van der Waals surface area contributed by atoms with Crippen LogP contribution in [0.2, 0.25) is 0 Å². The van der Waals surface area contributed by atoms with Gasteiger partial charge in [-0.2, -0.15) is 0 Å². The van der Waals surface area contributed by atoms with Crippen molar-refractivity contribution in [2.45, 2.75) is 19.4 Å². The summed E-state index contributed by atoms with van der Waals surface area (Å²) >= 11 is 0. The van der Waals surface area contributed by atoms with Crippen LogP contribution in [0.4, 0.5) is 0 Å². The van der Waals surface area contributed by atoms with Crippen molar-refractivity contribution in [2.75, 3.05) is 7.05 Å². The number of rotatable bonds is 5. The van der Waals surface area contributed by atoms with Gasteiger partial charge in [0.05, 0.1) is 18.9 Å². The van der Waals surface area contributed by atoms with Crippen LogP contribution in [-0.4, -0.2) is 28.9 Å². The van der Waals surface area contributed by atoms with Crippen LogP contribution in [0.25, 0.3) is 0 Å². The smallest absolute Gasteiger partial charge is 0.303 e. The van der Waals surface area contributed by atoms with E-state index in [1.165, 1.54) is 11.2 Å². The van der Waals surface area contributed by atoms with Gasteiger partial charge in [0.2, 0.25) is 5.91 Å². The topological polar surface area (TPSA) is 70.8 Å². The molecule has 1 heterocycles. The molecule has 0 aromatic carbocycles. The molecule has 0 fully saturated rings. The van der Waals surface area contributed by atoms with Crippen LogP contribution in [0, 0.1) is 0 Å². The lowest BCUT2D eigenvalue weighted by molar-refractivity contribution is -0.140. The van der Waals surface area contributed by atoms with E-state index in [1.54, 1.807) is 19.4 Å². The Kier molecular flexibility index (Phi) is 3.91. The maximum absolute atomic E-state index is 11.4. The van der Waals surface area contributed by atoms with Gasteiger partial charge in [-0.25, -0.2) is 0 Å². The molecule has 1 N–H and O–H groups in total. The summed E-state index contributed by atoms with van der Waals surface area (Å²) in [5, 5.41) is 8.42. The number of carboxylic acid groups (broad SMARTS) is 1. The Labute approximate surface area is 87.3 Å². The molecule has 0 unspecified atom stereocenters. The number of furan rings is 1. The summed E-state index contributed by atoms with van der Waals surface area (Å²) in [5.74, 6) is -1.14. The minimum atomic E-state index is -0.958. The van der Waals surface area contributed by atoms with Crippen LogP contribution in [0.1, 0.15) is 18.4 Å². The van der Waals surface area contributed by atoms with E-state index in [0.717, 1.165) is 5.56 Å². The first-order chi connectivity index (χ1) is 7.09. The third kappa shape index (κ3) is 3.84. The highest BCUT2D eigenvalue weighted by molar-refractivity contribution is 5.80. The van der Waals surface area contributed by atoms with Gasteiger partial charge in [-0.05, 0) is 6.07 Å². The zero-order valence-corrected chi connectivity index (χ0v) is 8.47. The van der Waals surface area contributed by atoms with Gasteiger partial charge in [-0.15, -0.1) is 0 Å². The number of carbonyl (C=O) groups excluding carboxylic acids is 1. The lowest BCUT2D eigenvalue weighted by Crippen LogP contribution is -2.26. The molecule has 0 aliphatic heterocycles. The number of aliphatic carboxylic acids is 1. The molecular formula is C10H13NO4. The van der Waals surface area contributed by atoms with Gasteiger partial charge < -0.3 is 14.4 Å². The van der Waals surface area contributed by atoms with Crippen molar-refractivity contribution >= 4 is 11.9 Å². The highest BCUT2D eigenvalue weighted by Gasteiger charge is 2.11. The molecule has 1 aromatic rings. The lowest BCUT2D eigenvalue weighted by atomic mass is 10.2. The van der Waals surface area contributed by atoms with Gasteiger partial charge in [-0.3, -0.25) is 9.59 Å². The number of hydrogen-bond donors (Lipinski definition) is 1. The number of nitrogens with zero attached hydrogens (tertiary/aromatic N) is 1. The lowest BCUT2D eigenvalue weighted by Gasteiger charge is -2.15. The quantitative estimate of drug-likeness (QED) is 0.791. The molecule has 5 nitrogen and oxygen atoms in total. The monoisotopic (exact) mass is 211 g/mol. The van der Waals surface area contributed by atoms with Gasteiger partial charge in [0.15, 0.2) is 0 Å². The third-order valence-corrected chi connectivity index (χ3v) is 1.98. The molecule has 1 aromatic heterocycles. The van der Waals surface area contributed by atoms with E-state index < -0.39 is 5.97 Å². The average molecular weight is 211 g/mol. The predicted octanol–water partition coefficient (Wildman–Crippen LogP) is 1.10. The molecule has 0 bridgehead atoms. The van der Waals surface area contributed by atoms with Crippen LogP contribution in [-0.2, 0) is 16.1 Å². The van der Waals surface area contributed by atoms with E-state index in [0.29, 0.717) is 6.54 Å². The van der Waals surface area contributed by atoms with Crippen LogP contribution >= 0.6 is 0 Å². The van der Waals surface area contributed by atoms with Gasteiger partial charge in [0.25, 0.3) is 0 Å². The summed E-state index contributed by atoms with van der Waals surface area (Å²) in [6, 6.07) is 1.76. The fraction of sp³-hybridized carbons (Fsp3) is 0.400. The molecular weight excluding hydrogens is 198 g/mol. The summed E-state index contributed by atoms with van der Waals surface area (Å²) in [6.07, 6.45) is 2.99. The number of hydrogen-bond acceptors (Lipinski definition) is 3. The SMILES string of the molecule is CN(Cc1ccoc1)C(=O)CCC(=O)O. The Balaban J connectivity index is 2.36. The van der Waals surface area contributed by atoms with E-state index in [1.807, 2.05) is 0 Å². The normalized spacial score (nSPS) is 9.93. The largest absolute Gasteiger partial charge is 0.481 e. The zero-order valence-electron chi connectivity index (χ0n) is 8.47. The second-order valence-electron chi connectivity index (χ2n) is 3.28. The Hall–Kier alpha value is -1.78. The van der Waals surface area contributed by atoms with Crippen molar-refractivity contribution in [1.82, 2.24) is 4.90 Å². The summed E-state index contributed by atoms with van der Waals surface area (Å²) in [6.45, 7) is 0.439. The molecule has 1 rings (SSSR count). The van der Waals surface area contributed by atoms with Crippen molar-refractivity contribution in [3.8, 4) is 0 Å². The standard InChI is InChI=1S/C10H13NO4/c1-11(6-8-4-5-15-7-8)9(12)2-3-10(13)14/h4-5,7H,2-3,6H2,1H3,(H,13,14). The summed E-state index contributed by atoms with van der Waals surface area (Å²) < 4.78 is 4.86. The summed E-state index contributed by atoms with van der Waals surface area (Å²) in [4.78, 5) is 23.1. The second kappa shape index (κ2) is 5.19. The Morgan fingerprint density at radius 1 is 1.47 bits per heavy atom. The van der Waals surface area contributed by atoms with E-state index in [4.69, 9.17) is 9.52 Å². The Morgan fingerprint density at radius 2 is 2.20 bits per heavy atom. The van der Waals surface area contributed by atoms with E-state index >= 15 is 0 Å². The molecule has 0 saturated heterocycles. The minimum absolute atomic E-state index is 0.0314. The molecule has 0 atom stereocenters. The molecule has 0 aliphatic rings. The summed E-state index contributed by atoms with van der Waals surface area (Å²) in [5.41, 5.74) is 0.890. The van der Waals surface area contributed by atoms with Crippen LogP contribution in [0.3, 0.4) is 0 Å². The maximum atomic E-state index is 11.4. The van der Waals surface area contributed by atoms with Crippen molar-refractivity contribution in [1.29, 1.82) is 0 Å². The molecule has 82 valence electrons. The Morgan fingerprint density at radius 3 is 2.73 bits per heavy atom. The van der Waals surface area contributed by atoms with E-state index in [-0.39, 0.29) is 18.7 Å². The first-order valence-corrected chi connectivity index (χ1v) is 4.56. The second-order valence-corrected chi connectivity index (χ2v) is 3.28. The van der Waals surface area contributed by atoms with E-state index in [9.17, 15) is 9.59 Å². The molecule has 0 spiro atoms. The fourth-order valence-electron chi connectivity index (χ4n) is 1.15. The first-order valence-electron chi connectivity index (χ1n) is 4.56. The highest BCUT2D eigenvalue weighted by atomic mass is 16.4. The first kappa shape index (κ1) is 11.3. The number of carbonyl (C=O) groups is 2. The van der Waals surface area contributed by atoms with Crippen LogP contribution < -0.4 is 0 Å². The predicted molar refractivity (Wildman–Crippen MR) is 52.1 cm³/mol. The zero-order chi connectivity index (χ0) is 11.3. The fourth-order valence-corrected chi connectivity index (χ4v) is 1.15. The average Bonchev–Trinajstić information content (AvgIpc) is 2.66. The number of amides is 1. The summed E-state index contributed by atoms with van der Waals surface area (Å²) in [7, 11) is 1.64. The van der Waals surface area contributed by atoms with Crippen molar-refractivity contribution in [2.24, 2.45) is 0 Å². The van der Waals surface area contributed by atoms with E-state index in [2.05, 4.69) is 0 Å². The van der Waals surface area contributed by atoms with Crippen molar-refractivity contribution < 1.29 is 19.1 Å².